The number of hydrogen-bond donors (Lipinski definition) is 2. The summed E-state index contributed by atoms with van der Waals surface area (Å²) in [7, 11) is -3.67. The number of carbonyl (C=O) groups is 2. The first-order chi connectivity index (χ1) is 14.6. The standard InChI is InChI=1S/C23H37N3O4S/c1-6-26(7-2)31(29,30)20-10-8-9-18(15-20)22(27)25-21(16(3)4)23(28)24-19-13-11-17(5)12-14-19/h8-10,15-17,19,21H,6-7,11-14H2,1-5H3,(H,24,28)(H,25,27)/t17?,19?,21-/m0/s1. The lowest BCUT2D eigenvalue weighted by molar-refractivity contribution is -0.124. The molecule has 1 saturated carbocycles. The maximum Gasteiger partial charge on any atom is 0.251 e. The van der Waals surface area contributed by atoms with E-state index in [-0.39, 0.29) is 28.3 Å². The van der Waals surface area contributed by atoms with Crippen molar-refractivity contribution in [3.8, 4) is 0 Å². The van der Waals surface area contributed by atoms with Gasteiger partial charge < -0.3 is 10.6 Å². The van der Waals surface area contributed by atoms with Gasteiger partial charge in [-0.1, -0.05) is 40.7 Å². The zero-order valence-corrected chi connectivity index (χ0v) is 20.2. The zero-order valence-electron chi connectivity index (χ0n) is 19.3. The molecule has 0 spiro atoms. The van der Waals surface area contributed by atoms with Gasteiger partial charge >= 0.3 is 0 Å². The summed E-state index contributed by atoms with van der Waals surface area (Å²) in [6.07, 6.45) is 4.10. The van der Waals surface area contributed by atoms with Crippen LogP contribution in [0.5, 0.6) is 0 Å². The van der Waals surface area contributed by atoms with E-state index in [0.29, 0.717) is 19.0 Å². The number of benzene rings is 1. The number of rotatable bonds is 9. The Morgan fingerprint density at radius 3 is 2.26 bits per heavy atom. The quantitative estimate of drug-likeness (QED) is 0.603. The average Bonchev–Trinajstić information content (AvgIpc) is 2.74. The second-order valence-corrected chi connectivity index (χ2v) is 10.7. The second-order valence-electron chi connectivity index (χ2n) is 8.78. The van der Waals surface area contributed by atoms with Crippen LogP contribution in [0.25, 0.3) is 0 Å². The number of carbonyl (C=O) groups excluding carboxylic acids is 2. The van der Waals surface area contributed by atoms with Gasteiger partial charge in [0.15, 0.2) is 0 Å². The summed E-state index contributed by atoms with van der Waals surface area (Å²) in [6, 6.07) is 5.44. The molecule has 1 aromatic rings. The van der Waals surface area contributed by atoms with Crippen LogP contribution in [-0.4, -0.2) is 49.7 Å². The molecule has 174 valence electrons. The topological polar surface area (TPSA) is 95.6 Å². The third-order valence-electron chi connectivity index (χ3n) is 6.04. The van der Waals surface area contributed by atoms with Gasteiger partial charge in [0.2, 0.25) is 15.9 Å². The van der Waals surface area contributed by atoms with Gasteiger partial charge in [0, 0.05) is 24.7 Å². The Morgan fingerprint density at radius 1 is 1.10 bits per heavy atom. The Labute approximate surface area is 187 Å². The molecule has 1 aromatic carbocycles. The summed E-state index contributed by atoms with van der Waals surface area (Å²) in [6.45, 7) is 10.2. The zero-order chi connectivity index (χ0) is 23.2. The van der Waals surface area contributed by atoms with Gasteiger partial charge in [-0.25, -0.2) is 8.42 Å². The van der Waals surface area contributed by atoms with E-state index < -0.39 is 22.0 Å². The maximum absolute atomic E-state index is 12.9. The van der Waals surface area contributed by atoms with Gasteiger partial charge in [-0.2, -0.15) is 4.31 Å². The van der Waals surface area contributed by atoms with Crippen molar-refractivity contribution < 1.29 is 18.0 Å². The van der Waals surface area contributed by atoms with Gasteiger partial charge in [0.05, 0.1) is 4.90 Å². The first kappa shape index (κ1) is 25.3. The van der Waals surface area contributed by atoms with Crippen molar-refractivity contribution in [2.45, 2.75) is 77.3 Å². The van der Waals surface area contributed by atoms with Gasteiger partial charge in [0.1, 0.15) is 6.04 Å². The van der Waals surface area contributed by atoms with Crippen LogP contribution in [0.2, 0.25) is 0 Å². The van der Waals surface area contributed by atoms with Crippen molar-refractivity contribution in [2.24, 2.45) is 11.8 Å². The van der Waals surface area contributed by atoms with Crippen molar-refractivity contribution in [3.63, 3.8) is 0 Å². The summed E-state index contributed by atoms with van der Waals surface area (Å²) in [5.41, 5.74) is 0.221. The predicted molar refractivity (Wildman–Crippen MR) is 122 cm³/mol. The van der Waals surface area contributed by atoms with E-state index in [1.54, 1.807) is 26.0 Å². The molecule has 2 N–H and O–H groups in total. The van der Waals surface area contributed by atoms with Crippen LogP contribution in [0.3, 0.4) is 0 Å². The molecule has 7 nitrogen and oxygen atoms in total. The molecule has 0 saturated heterocycles. The third kappa shape index (κ3) is 6.53. The van der Waals surface area contributed by atoms with Crippen molar-refractivity contribution in [3.05, 3.63) is 29.8 Å². The van der Waals surface area contributed by atoms with E-state index in [9.17, 15) is 18.0 Å². The molecule has 31 heavy (non-hydrogen) atoms. The fourth-order valence-electron chi connectivity index (χ4n) is 3.97. The van der Waals surface area contributed by atoms with Crippen molar-refractivity contribution in [1.82, 2.24) is 14.9 Å². The van der Waals surface area contributed by atoms with Gasteiger partial charge in [0.25, 0.3) is 5.91 Å². The molecule has 1 aliphatic carbocycles. The van der Waals surface area contributed by atoms with Crippen LogP contribution in [0.4, 0.5) is 0 Å². The second kappa shape index (κ2) is 11.1. The summed E-state index contributed by atoms with van der Waals surface area (Å²) >= 11 is 0. The van der Waals surface area contributed by atoms with E-state index >= 15 is 0 Å². The van der Waals surface area contributed by atoms with Crippen molar-refractivity contribution >= 4 is 21.8 Å². The predicted octanol–water partition coefficient (Wildman–Crippen LogP) is 3.17. The lowest BCUT2D eigenvalue weighted by atomic mass is 9.87. The molecule has 0 aliphatic heterocycles. The number of sulfonamides is 1. The highest BCUT2D eigenvalue weighted by molar-refractivity contribution is 7.89. The maximum atomic E-state index is 12.9. The Bertz CT molecular complexity index is 857. The van der Waals surface area contributed by atoms with E-state index in [0.717, 1.165) is 25.7 Å². The van der Waals surface area contributed by atoms with E-state index in [1.165, 1.54) is 16.4 Å². The minimum absolute atomic E-state index is 0.0747. The Morgan fingerprint density at radius 2 is 1.71 bits per heavy atom. The van der Waals surface area contributed by atoms with Gasteiger partial charge in [-0.05, 0) is 55.7 Å². The molecule has 2 amide bonds. The Balaban J connectivity index is 2.13. The molecule has 0 radical (unpaired) electrons. The molecular weight excluding hydrogens is 414 g/mol. The third-order valence-corrected chi connectivity index (χ3v) is 8.08. The Kier molecular flexibility index (Phi) is 9.06. The minimum atomic E-state index is -3.67. The largest absolute Gasteiger partial charge is 0.352 e. The first-order valence-electron chi connectivity index (χ1n) is 11.3. The summed E-state index contributed by atoms with van der Waals surface area (Å²) < 4.78 is 26.9. The number of amides is 2. The molecule has 1 aliphatic rings. The lowest BCUT2D eigenvalue weighted by Gasteiger charge is -2.30. The number of hydrogen-bond acceptors (Lipinski definition) is 4. The van der Waals surface area contributed by atoms with Crippen LogP contribution in [0.15, 0.2) is 29.2 Å². The molecule has 1 atom stereocenters. The van der Waals surface area contributed by atoms with E-state index in [4.69, 9.17) is 0 Å². The highest BCUT2D eigenvalue weighted by Crippen LogP contribution is 2.23. The fourth-order valence-corrected chi connectivity index (χ4v) is 5.47. The van der Waals surface area contributed by atoms with E-state index in [2.05, 4.69) is 17.6 Å². The smallest absolute Gasteiger partial charge is 0.251 e. The van der Waals surface area contributed by atoms with Crippen LogP contribution in [0, 0.1) is 11.8 Å². The molecule has 0 aromatic heterocycles. The molecule has 1 fully saturated rings. The highest BCUT2D eigenvalue weighted by Gasteiger charge is 2.29. The average molecular weight is 452 g/mol. The Hall–Kier alpha value is -1.93. The molecular formula is C23H37N3O4S. The van der Waals surface area contributed by atoms with Crippen molar-refractivity contribution in [1.29, 1.82) is 0 Å². The fraction of sp³-hybridized carbons (Fsp3) is 0.652. The number of nitrogens with zero attached hydrogens (tertiary/aromatic N) is 1. The SMILES string of the molecule is CCN(CC)S(=O)(=O)c1cccc(C(=O)N[C@H](C(=O)NC2CCC(C)CC2)C(C)C)c1. The number of nitrogens with one attached hydrogen (secondary N) is 2. The minimum Gasteiger partial charge on any atom is -0.352 e. The summed E-state index contributed by atoms with van der Waals surface area (Å²) in [5, 5.41) is 5.89. The lowest BCUT2D eigenvalue weighted by Crippen LogP contribution is -2.52. The van der Waals surface area contributed by atoms with Gasteiger partial charge in [-0.15, -0.1) is 0 Å². The first-order valence-corrected chi connectivity index (χ1v) is 12.8. The van der Waals surface area contributed by atoms with Gasteiger partial charge in [-0.3, -0.25) is 9.59 Å². The van der Waals surface area contributed by atoms with E-state index in [1.807, 2.05) is 13.8 Å². The summed E-state index contributed by atoms with van der Waals surface area (Å²) in [4.78, 5) is 25.8. The van der Waals surface area contributed by atoms with Crippen LogP contribution >= 0.6 is 0 Å². The molecule has 0 heterocycles. The van der Waals surface area contributed by atoms with Crippen LogP contribution in [0.1, 0.15) is 70.7 Å². The molecule has 8 heteroatoms. The molecule has 0 bridgehead atoms. The molecule has 0 unspecified atom stereocenters. The molecule has 2 rings (SSSR count). The van der Waals surface area contributed by atoms with Crippen LogP contribution in [-0.2, 0) is 14.8 Å². The normalized spacial score (nSPS) is 20.5. The monoisotopic (exact) mass is 451 g/mol. The summed E-state index contributed by atoms with van der Waals surface area (Å²) in [5.74, 6) is -0.0553. The highest BCUT2D eigenvalue weighted by atomic mass is 32.2. The van der Waals surface area contributed by atoms with Crippen LogP contribution < -0.4 is 10.6 Å². The van der Waals surface area contributed by atoms with Crippen molar-refractivity contribution in [2.75, 3.05) is 13.1 Å².